The van der Waals surface area contributed by atoms with Gasteiger partial charge in [0.1, 0.15) is 0 Å². The predicted octanol–water partition coefficient (Wildman–Crippen LogP) is 4.36. The third kappa shape index (κ3) is 5.30. The van der Waals surface area contributed by atoms with Gasteiger partial charge in [0, 0.05) is 19.5 Å². The number of halogens is 1. The molecule has 21 heavy (non-hydrogen) atoms. The summed E-state index contributed by atoms with van der Waals surface area (Å²) >= 11 is 6.41. The first-order valence-electron chi connectivity index (χ1n) is 8.08. The minimum absolute atomic E-state index is 0.332. The standard InChI is InChI=1S/C17H32ClN3/c1-8-9-19-14(10-12(2)17(4,5)6)11-15-16(18)13(3)20-21(15)7/h12,14,19H,8-11H2,1-7H3. The molecule has 0 aliphatic rings. The minimum atomic E-state index is 0.332. The van der Waals surface area contributed by atoms with E-state index in [2.05, 4.69) is 45.0 Å². The molecule has 3 nitrogen and oxygen atoms in total. The lowest BCUT2D eigenvalue weighted by Gasteiger charge is -2.31. The van der Waals surface area contributed by atoms with Crippen LogP contribution in [-0.2, 0) is 13.5 Å². The Morgan fingerprint density at radius 1 is 1.33 bits per heavy atom. The second-order valence-electron chi connectivity index (χ2n) is 7.33. The van der Waals surface area contributed by atoms with Crippen molar-refractivity contribution in [2.75, 3.05) is 6.54 Å². The van der Waals surface area contributed by atoms with Gasteiger partial charge >= 0.3 is 0 Å². The summed E-state index contributed by atoms with van der Waals surface area (Å²) < 4.78 is 1.93. The fraction of sp³-hybridized carbons (Fsp3) is 0.824. The zero-order valence-corrected chi connectivity index (χ0v) is 15.5. The van der Waals surface area contributed by atoms with Crippen molar-refractivity contribution in [2.24, 2.45) is 18.4 Å². The number of hydrogen-bond acceptors (Lipinski definition) is 2. The summed E-state index contributed by atoms with van der Waals surface area (Å²) in [7, 11) is 1.98. The van der Waals surface area contributed by atoms with Crippen molar-refractivity contribution in [3.63, 3.8) is 0 Å². The molecular formula is C17H32ClN3. The smallest absolute Gasteiger partial charge is 0.0847 e. The van der Waals surface area contributed by atoms with Crippen LogP contribution in [0.15, 0.2) is 0 Å². The highest BCUT2D eigenvalue weighted by Gasteiger charge is 2.25. The van der Waals surface area contributed by atoms with Crippen LogP contribution in [0.25, 0.3) is 0 Å². The third-order valence-corrected chi connectivity index (χ3v) is 4.99. The van der Waals surface area contributed by atoms with Gasteiger partial charge in [-0.1, -0.05) is 46.2 Å². The Kier molecular flexibility index (Phi) is 6.73. The van der Waals surface area contributed by atoms with Gasteiger partial charge in [0.25, 0.3) is 0 Å². The van der Waals surface area contributed by atoms with Gasteiger partial charge in [0.05, 0.1) is 16.4 Å². The topological polar surface area (TPSA) is 29.9 Å². The van der Waals surface area contributed by atoms with Crippen molar-refractivity contribution in [3.8, 4) is 0 Å². The average Bonchev–Trinajstić information content (AvgIpc) is 2.61. The molecule has 0 aliphatic heterocycles. The normalized spacial score (nSPS) is 15.2. The number of rotatable bonds is 7. The van der Waals surface area contributed by atoms with Crippen LogP contribution in [0.3, 0.4) is 0 Å². The lowest BCUT2D eigenvalue weighted by atomic mass is 9.78. The van der Waals surface area contributed by atoms with Gasteiger partial charge in [-0.3, -0.25) is 4.68 Å². The van der Waals surface area contributed by atoms with E-state index in [-0.39, 0.29) is 0 Å². The second-order valence-corrected chi connectivity index (χ2v) is 7.71. The molecule has 0 radical (unpaired) electrons. The molecule has 0 bridgehead atoms. The zero-order chi connectivity index (χ0) is 16.2. The van der Waals surface area contributed by atoms with Crippen molar-refractivity contribution in [1.82, 2.24) is 15.1 Å². The van der Waals surface area contributed by atoms with E-state index in [1.165, 1.54) is 0 Å². The van der Waals surface area contributed by atoms with Crippen molar-refractivity contribution >= 4 is 11.6 Å². The number of hydrogen-bond donors (Lipinski definition) is 1. The lowest BCUT2D eigenvalue weighted by Crippen LogP contribution is -2.36. The van der Waals surface area contributed by atoms with Crippen molar-refractivity contribution in [3.05, 3.63) is 16.4 Å². The summed E-state index contributed by atoms with van der Waals surface area (Å²) in [6, 6.07) is 0.450. The molecule has 4 heteroatoms. The first-order valence-corrected chi connectivity index (χ1v) is 8.46. The van der Waals surface area contributed by atoms with E-state index in [9.17, 15) is 0 Å². The summed E-state index contributed by atoms with van der Waals surface area (Å²) in [6.45, 7) is 14.5. The van der Waals surface area contributed by atoms with Gasteiger partial charge in [-0.25, -0.2) is 0 Å². The Balaban J connectivity index is 2.83. The molecule has 0 aliphatic carbocycles. The van der Waals surface area contributed by atoms with Gasteiger partial charge in [-0.2, -0.15) is 5.10 Å². The van der Waals surface area contributed by atoms with E-state index < -0.39 is 0 Å². The molecule has 0 amide bonds. The fourth-order valence-corrected chi connectivity index (χ4v) is 2.74. The van der Waals surface area contributed by atoms with E-state index in [0.717, 1.165) is 42.2 Å². The average molecular weight is 314 g/mol. The predicted molar refractivity (Wildman–Crippen MR) is 92.0 cm³/mol. The molecule has 2 atom stereocenters. The molecule has 2 unspecified atom stereocenters. The van der Waals surface area contributed by atoms with Crippen LogP contribution in [0.5, 0.6) is 0 Å². The molecule has 1 N–H and O–H groups in total. The molecule has 0 aromatic carbocycles. The Morgan fingerprint density at radius 2 is 1.95 bits per heavy atom. The monoisotopic (exact) mass is 313 g/mol. The highest BCUT2D eigenvalue weighted by Crippen LogP contribution is 2.30. The van der Waals surface area contributed by atoms with Crippen LogP contribution in [0, 0.1) is 18.3 Å². The molecule has 0 saturated carbocycles. The fourth-order valence-electron chi connectivity index (χ4n) is 2.50. The second kappa shape index (κ2) is 7.64. The van der Waals surface area contributed by atoms with Crippen molar-refractivity contribution in [2.45, 2.75) is 66.8 Å². The number of aryl methyl sites for hydroxylation is 2. The largest absolute Gasteiger partial charge is 0.314 e. The first-order chi connectivity index (χ1) is 9.66. The lowest BCUT2D eigenvalue weighted by molar-refractivity contribution is 0.221. The van der Waals surface area contributed by atoms with Crippen LogP contribution in [0.2, 0.25) is 5.02 Å². The van der Waals surface area contributed by atoms with Crippen LogP contribution < -0.4 is 5.32 Å². The van der Waals surface area contributed by atoms with Gasteiger partial charge in [0.2, 0.25) is 0 Å². The van der Waals surface area contributed by atoms with Gasteiger partial charge < -0.3 is 5.32 Å². The van der Waals surface area contributed by atoms with E-state index in [1.54, 1.807) is 0 Å². The molecule has 0 spiro atoms. The zero-order valence-electron chi connectivity index (χ0n) is 14.8. The SMILES string of the molecule is CCCNC(Cc1c(Cl)c(C)nn1C)CC(C)C(C)(C)C. The van der Waals surface area contributed by atoms with E-state index in [1.807, 2.05) is 18.7 Å². The number of aromatic nitrogens is 2. The molecule has 0 saturated heterocycles. The van der Waals surface area contributed by atoms with Gasteiger partial charge in [-0.05, 0) is 37.6 Å². The Hall–Kier alpha value is -0.540. The van der Waals surface area contributed by atoms with Crippen molar-refractivity contribution in [1.29, 1.82) is 0 Å². The van der Waals surface area contributed by atoms with Crippen LogP contribution in [0.1, 0.15) is 58.8 Å². The molecule has 1 rings (SSSR count). The maximum atomic E-state index is 6.41. The molecule has 1 aromatic heterocycles. The highest BCUT2D eigenvalue weighted by atomic mass is 35.5. The van der Waals surface area contributed by atoms with Crippen molar-refractivity contribution < 1.29 is 0 Å². The number of nitrogens with zero attached hydrogens (tertiary/aromatic N) is 2. The van der Waals surface area contributed by atoms with E-state index >= 15 is 0 Å². The number of nitrogens with one attached hydrogen (secondary N) is 1. The summed E-state index contributed by atoms with van der Waals surface area (Å²) in [5.41, 5.74) is 2.40. The van der Waals surface area contributed by atoms with Crippen LogP contribution in [-0.4, -0.2) is 22.4 Å². The van der Waals surface area contributed by atoms with Crippen LogP contribution >= 0.6 is 11.6 Å². The Labute approximate surface area is 135 Å². The summed E-state index contributed by atoms with van der Waals surface area (Å²) in [5, 5.41) is 8.94. The Bertz CT molecular complexity index is 446. The van der Waals surface area contributed by atoms with Crippen LogP contribution in [0.4, 0.5) is 0 Å². The summed E-state index contributed by atoms with van der Waals surface area (Å²) in [5.74, 6) is 0.653. The van der Waals surface area contributed by atoms with E-state index in [4.69, 9.17) is 11.6 Å². The quantitative estimate of drug-likeness (QED) is 0.810. The maximum Gasteiger partial charge on any atom is 0.0847 e. The minimum Gasteiger partial charge on any atom is -0.314 e. The van der Waals surface area contributed by atoms with E-state index in [0.29, 0.717) is 17.4 Å². The molecule has 1 aromatic rings. The van der Waals surface area contributed by atoms with Gasteiger partial charge in [0.15, 0.2) is 0 Å². The van der Waals surface area contributed by atoms with Gasteiger partial charge in [-0.15, -0.1) is 0 Å². The summed E-state index contributed by atoms with van der Waals surface area (Å²) in [4.78, 5) is 0. The molecule has 1 heterocycles. The summed E-state index contributed by atoms with van der Waals surface area (Å²) in [6.07, 6.45) is 3.25. The third-order valence-electron chi connectivity index (χ3n) is 4.50. The first kappa shape index (κ1) is 18.5. The molecular weight excluding hydrogens is 282 g/mol. The molecule has 122 valence electrons. The highest BCUT2D eigenvalue weighted by molar-refractivity contribution is 6.31. The Morgan fingerprint density at radius 3 is 2.38 bits per heavy atom. The molecule has 0 fully saturated rings. The maximum absolute atomic E-state index is 6.41.